The topological polar surface area (TPSA) is 65.5 Å². The Morgan fingerprint density at radius 2 is 1.53 bits per heavy atom. The monoisotopic (exact) mass is 657 g/mol. The number of ether oxygens (including phenoxy) is 1. The SMILES string of the molecule is CC(C)c1nc2ccc(F)cc2c(-c2ccc(F)cc2)c1C=CC(=O)C[C@H](CC(=O)O[C@H](C)c1ccccc1)O[Si](C)(C)C(C)(C)C. The summed E-state index contributed by atoms with van der Waals surface area (Å²) in [5.41, 5.74) is 4.19. The summed E-state index contributed by atoms with van der Waals surface area (Å²) < 4.78 is 40.8. The molecule has 8 heteroatoms. The number of nitrogens with zero attached hydrogens (tertiary/aromatic N) is 1. The fourth-order valence-electron chi connectivity index (χ4n) is 5.25. The number of rotatable bonds is 12. The number of hydrogen-bond acceptors (Lipinski definition) is 5. The second-order valence-electron chi connectivity index (χ2n) is 13.9. The molecule has 1 heterocycles. The number of ketones is 1. The standard InChI is InChI=1S/C39H45F2NO4Si/c1-25(2)38-33(37(28-14-16-29(40)17-15-28)34-22-30(41)18-21-35(34)42-38)20-19-31(43)23-32(46-47(7,8)39(4,5)6)24-36(44)45-26(3)27-12-10-9-11-13-27/h9-22,25-26,32H,23-24H2,1-8H3/t26-,32-/m1/s1. The van der Waals surface area contributed by atoms with Crippen LogP contribution in [0.5, 0.6) is 0 Å². The van der Waals surface area contributed by atoms with E-state index in [-0.39, 0.29) is 35.4 Å². The summed E-state index contributed by atoms with van der Waals surface area (Å²) in [4.78, 5) is 31.6. The molecule has 0 N–H and O–H groups in total. The number of halogens is 2. The van der Waals surface area contributed by atoms with Crippen molar-refractivity contribution < 1.29 is 27.5 Å². The first-order valence-electron chi connectivity index (χ1n) is 16.1. The minimum Gasteiger partial charge on any atom is -0.458 e. The Bertz CT molecular complexity index is 1750. The molecular weight excluding hydrogens is 613 g/mol. The minimum absolute atomic E-state index is 0.0314. The van der Waals surface area contributed by atoms with Crippen molar-refractivity contribution >= 4 is 37.0 Å². The van der Waals surface area contributed by atoms with Crippen LogP contribution in [0.3, 0.4) is 0 Å². The summed E-state index contributed by atoms with van der Waals surface area (Å²) in [6, 6.07) is 19.9. The molecule has 0 bridgehead atoms. The molecule has 2 atom stereocenters. The summed E-state index contributed by atoms with van der Waals surface area (Å²) in [5, 5.41) is 0.413. The number of esters is 1. The molecule has 0 spiro atoms. The van der Waals surface area contributed by atoms with Crippen LogP contribution in [-0.4, -0.2) is 31.2 Å². The van der Waals surface area contributed by atoms with Gasteiger partial charge in [0.25, 0.3) is 0 Å². The molecule has 0 unspecified atom stereocenters. The van der Waals surface area contributed by atoms with Crippen LogP contribution in [0.4, 0.5) is 8.78 Å². The van der Waals surface area contributed by atoms with Crippen molar-refractivity contribution in [2.75, 3.05) is 0 Å². The highest BCUT2D eigenvalue weighted by Crippen LogP contribution is 2.39. The third-order valence-corrected chi connectivity index (χ3v) is 13.3. The van der Waals surface area contributed by atoms with Crippen LogP contribution in [0.1, 0.15) is 83.2 Å². The predicted octanol–water partition coefficient (Wildman–Crippen LogP) is 10.4. The molecular formula is C39H45F2NO4Si. The van der Waals surface area contributed by atoms with Gasteiger partial charge in [-0.15, -0.1) is 0 Å². The van der Waals surface area contributed by atoms with Gasteiger partial charge in [0.15, 0.2) is 14.1 Å². The van der Waals surface area contributed by atoms with Gasteiger partial charge in [0.05, 0.1) is 23.7 Å². The van der Waals surface area contributed by atoms with Crippen LogP contribution >= 0.6 is 0 Å². The third kappa shape index (κ3) is 9.08. The molecule has 0 fully saturated rings. The highest BCUT2D eigenvalue weighted by atomic mass is 28.4. The first kappa shape index (κ1) is 35.8. The number of hydrogen-bond donors (Lipinski definition) is 0. The zero-order valence-corrected chi connectivity index (χ0v) is 29.6. The average molecular weight is 658 g/mol. The van der Waals surface area contributed by atoms with E-state index >= 15 is 0 Å². The van der Waals surface area contributed by atoms with Gasteiger partial charge in [-0.05, 0) is 84.6 Å². The van der Waals surface area contributed by atoms with E-state index in [4.69, 9.17) is 14.1 Å². The number of carbonyl (C=O) groups excluding carboxylic acids is 2. The minimum atomic E-state index is -2.37. The fourth-order valence-corrected chi connectivity index (χ4v) is 6.60. The highest BCUT2D eigenvalue weighted by Gasteiger charge is 2.40. The van der Waals surface area contributed by atoms with E-state index in [2.05, 4.69) is 33.9 Å². The maximum absolute atomic E-state index is 14.5. The lowest BCUT2D eigenvalue weighted by atomic mass is 9.90. The number of fused-ring (bicyclic) bond motifs is 1. The molecule has 1 aromatic heterocycles. The van der Waals surface area contributed by atoms with Gasteiger partial charge < -0.3 is 9.16 Å². The second kappa shape index (κ2) is 14.8. The van der Waals surface area contributed by atoms with Gasteiger partial charge in [0, 0.05) is 22.9 Å². The van der Waals surface area contributed by atoms with Gasteiger partial charge in [-0.2, -0.15) is 0 Å². The van der Waals surface area contributed by atoms with E-state index in [9.17, 15) is 18.4 Å². The number of allylic oxidation sites excluding steroid dienone is 1. The summed E-state index contributed by atoms with van der Waals surface area (Å²) in [7, 11) is -2.37. The van der Waals surface area contributed by atoms with Crippen LogP contribution in [-0.2, 0) is 18.8 Å². The van der Waals surface area contributed by atoms with Crippen LogP contribution in [0, 0.1) is 11.6 Å². The van der Waals surface area contributed by atoms with E-state index < -0.39 is 32.3 Å². The first-order chi connectivity index (χ1) is 22.1. The maximum atomic E-state index is 14.5. The van der Waals surface area contributed by atoms with E-state index in [1.165, 1.54) is 30.3 Å². The lowest BCUT2D eigenvalue weighted by molar-refractivity contribution is -0.150. The van der Waals surface area contributed by atoms with Crippen LogP contribution < -0.4 is 0 Å². The highest BCUT2D eigenvalue weighted by molar-refractivity contribution is 6.74. The quantitative estimate of drug-likeness (QED) is 0.0862. The van der Waals surface area contributed by atoms with Crippen LogP contribution in [0.2, 0.25) is 18.1 Å². The van der Waals surface area contributed by atoms with Crippen molar-refractivity contribution in [1.82, 2.24) is 4.98 Å². The Hall–Kier alpha value is -4.01. The van der Waals surface area contributed by atoms with Crippen molar-refractivity contribution in [1.29, 1.82) is 0 Å². The van der Waals surface area contributed by atoms with Gasteiger partial charge in [0.1, 0.15) is 17.7 Å². The number of aromatic nitrogens is 1. The molecule has 0 aliphatic rings. The smallest absolute Gasteiger partial charge is 0.308 e. The largest absolute Gasteiger partial charge is 0.458 e. The summed E-state index contributed by atoms with van der Waals surface area (Å²) in [5.74, 6) is -1.53. The Morgan fingerprint density at radius 1 is 0.894 bits per heavy atom. The van der Waals surface area contributed by atoms with Gasteiger partial charge in [0.2, 0.25) is 0 Å². The maximum Gasteiger partial charge on any atom is 0.308 e. The van der Waals surface area contributed by atoms with Crippen LogP contribution in [0.25, 0.3) is 28.1 Å². The summed E-state index contributed by atoms with van der Waals surface area (Å²) in [6.45, 7) is 16.3. The molecule has 4 rings (SSSR count). The molecule has 0 saturated carbocycles. The number of benzene rings is 3. The third-order valence-electron chi connectivity index (χ3n) is 8.80. The Morgan fingerprint density at radius 3 is 2.15 bits per heavy atom. The molecule has 0 aliphatic carbocycles. The van der Waals surface area contributed by atoms with Crippen LogP contribution in [0.15, 0.2) is 78.9 Å². The molecule has 0 saturated heterocycles. The van der Waals surface area contributed by atoms with Crippen molar-refractivity contribution in [2.24, 2.45) is 0 Å². The average Bonchev–Trinajstić information content (AvgIpc) is 2.99. The zero-order valence-electron chi connectivity index (χ0n) is 28.6. The molecule has 0 radical (unpaired) electrons. The normalized spacial score (nSPS) is 13.7. The summed E-state index contributed by atoms with van der Waals surface area (Å²) in [6.07, 6.45) is 1.94. The Labute approximate surface area is 278 Å². The summed E-state index contributed by atoms with van der Waals surface area (Å²) >= 11 is 0. The molecule has 248 valence electrons. The molecule has 3 aromatic carbocycles. The zero-order chi connectivity index (χ0) is 34.5. The first-order valence-corrected chi connectivity index (χ1v) is 19.0. The Balaban J connectivity index is 1.68. The molecule has 0 aliphatic heterocycles. The van der Waals surface area contributed by atoms with Crippen molar-refractivity contribution in [2.45, 2.75) is 90.6 Å². The van der Waals surface area contributed by atoms with Gasteiger partial charge >= 0.3 is 5.97 Å². The second-order valence-corrected chi connectivity index (χ2v) is 18.6. The lowest BCUT2D eigenvalue weighted by Crippen LogP contribution is -2.45. The van der Waals surface area contributed by atoms with Gasteiger partial charge in [-0.3, -0.25) is 14.6 Å². The molecule has 4 aromatic rings. The van der Waals surface area contributed by atoms with E-state index in [1.807, 2.05) is 51.1 Å². The predicted molar refractivity (Wildman–Crippen MR) is 187 cm³/mol. The van der Waals surface area contributed by atoms with Gasteiger partial charge in [-0.25, -0.2) is 8.78 Å². The van der Waals surface area contributed by atoms with Crippen molar-refractivity contribution in [3.05, 3.63) is 107 Å². The van der Waals surface area contributed by atoms with Crippen molar-refractivity contribution in [3.8, 4) is 11.1 Å². The van der Waals surface area contributed by atoms with E-state index in [0.717, 1.165) is 11.3 Å². The number of pyridine rings is 1. The van der Waals surface area contributed by atoms with Gasteiger partial charge in [-0.1, -0.05) is 77.1 Å². The fraction of sp³-hybridized carbons (Fsp3) is 0.359. The Kier molecular flexibility index (Phi) is 11.3. The molecule has 47 heavy (non-hydrogen) atoms. The molecule has 0 amide bonds. The number of carbonyl (C=O) groups is 2. The van der Waals surface area contributed by atoms with E-state index in [0.29, 0.717) is 27.6 Å². The van der Waals surface area contributed by atoms with E-state index in [1.54, 1.807) is 24.3 Å². The molecule has 5 nitrogen and oxygen atoms in total. The van der Waals surface area contributed by atoms with Crippen molar-refractivity contribution in [3.63, 3.8) is 0 Å². The lowest BCUT2D eigenvalue weighted by Gasteiger charge is -2.39.